The van der Waals surface area contributed by atoms with Crippen molar-refractivity contribution in [3.63, 3.8) is 0 Å². The minimum Gasteiger partial charge on any atom is -0.386 e. The van der Waals surface area contributed by atoms with Gasteiger partial charge in [0.25, 0.3) is 0 Å². The first-order valence-corrected chi connectivity index (χ1v) is 10.7. The Morgan fingerprint density at radius 3 is 2.94 bits per heavy atom. The van der Waals surface area contributed by atoms with Crippen LogP contribution >= 0.6 is 0 Å². The molecule has 3 aromatic heterocycles. The molecule has 1 aliphatic heterocycles. The Balaban J connectivity index is 1.42. The molecule has 1 aliphatic rings. The SMILES string of the molecule is Cc1noc(C)c1CCC(=O)N(C)C[C@@]1(O)CCCN(c2ccnc3ccncc23)C1. The van der Waals surface area contributed by atoms with Gasteiger partial charge in [-0.3, -0.25) is 14.8 Å². The highest BCUT2D eigenvalue weighted by atomic mass is 16.5. The third-order valence-corrected chi connectivity index (χ3v) is 6.14. The minimum absolute atomic E-state index is 0.00380. The van der Waals surface area contributed by atoms with Crippen LogP contribution in [0.3, 0.4) is 0 Å². The number of hydrogen-bond donors (Lipinski definition) is 1. The summed E-state index contributed by atoms with van der Waals surface area (Å²) >= 11 is 0. The summed E-state index contributed by atoms with van der Waals surface area (Å²) in [4.78, 5) is 25.2. The molecule has 8 nitrogen and oxygen atoms in total. The van der Waals surface area contributed by atoms with Gasteiger partial charge in [0.05, 0.1) is 23.4 Å². The molecule has 1 saturated heterocycles. The van der Waals surface area contributed by atoms with Crippen molar-refractivity contribution in [1.29, 1.82) is 0 Å². The minimum atomic E-state index is -0.969. The number of likely N-dealkylation sites (N-methyl/N-ethyl adjacent to an activating group) is 1. The van der Waals surface area contributed by atoms with E-state index in [1.165, 1.54) is 0 Å². The number of carbonyl (C=O) groups excluding carboxylic acids is 1. The van der Waals surface area contributed by atoms with E-state index in [9.17, 15) is 9.90 Å². The van der Waals surface area contributed by atoms with Crippen LogP contribution in [0.25, 0.3) is 10.9 Å². The summed E-state index contributed by atoms with van der Waals surface area (Å²) in [5.74, 6) is 0.762. The molecule has 1 fully saturated rings. The smallest absolute Gasteiger partial charge is 0.222 e. The Hall–Kier alpha value is -3.00. The van der Waals surface area contributed by atoms with Gasteiger partial charge in [0.1, 0.15) is 5.76 Å². The molecule has 1 N–H and O–H groups in total. The highest BCUT2D eigenvalue weighted by Gasteiger charge is 2.36. The lowest BCUT2D eigenvalue weighted by Gasteiger charge is -2.42. The maximum atomic E-state index is 12.7. The zero-order chi connectivity index (χ0) is 22.0. The van der Waals surface area contributed by atoms with Crippen molar-refractivity contribution in [2.24, 2.45) is 0 Å². The number of fused-ring (bicyclic) bond motifs is 1. The van der Waals surface area contributed by atoms with E-state index in [0.717, 1.165) is 46.6 Å². The number of aryl methyl sites for hydroxylation is 2. The van der Waals surface area contributed by atoms with Crippen LogP contribution in [0.4, 0.5) is 5.69 Å². The zero-order valence-electron chi connectivity index (χ0n) is 18.3. The summed E-state index contributed by atoms with van der Waals surface area (Å²) in [7, 11) is 1.76. The number of pyridine rings is 2. The fraction of sp³-hybridized carbons (Fsp3) is 0.478. The summed E-state index contributed by atoms with van der Waals surface area (Å²) in [6.07, 6.45) is 7.79. The van der Waals surface area contributed by atoms with Gasteiger partial charge in [0.15, 0.2) is 0 Å². The average Bonchev–Trinajstić information content (AvgIpc) is 3.08. The van der Waals surface area contributed by atoms with E-state index < -0.39 is 5.60 Å². The molecule has 4 rings (SSSR count). The van der Waals surface area contributed by atoms with Crippen molar-refractivity contribution >= 4 is 22.5 Å². The number of amides is 1. The Morgan fingerprint density at radius 1 is 1.32 bits per heavy atom. The Morgan fingerprint density at radius 2 is 2.16 bits per heavy atom. The van der Waals surface area contributed by atoms with Crippen molar-refractivity contribution in [2.75, 3.05) is 31.6 Å². The summed E-state index contributed by atoms with van der Waals surface area (Å²) in [5.41, 5.74) is 2.75. The Bertz CT molecular complexity index is 1060. The van der Waals surface area contributed by atoms with Crippen molar-refractivity contribution in [2.45, 2.75) is 45.1 Å². The van der Waals surface area contributed by atoms with E-state index in [0.29, 0.717) is 32.4 Å². The van der Waals surface area contributed by atoms with E-state index in [1.54, 1.807) is 24.3 Å². The van der Waals surface area contributed by atoms with Gasteiger partial charge < -0.3 is 19.4 Å². The summed E-state index contributed by atoms with van der Waals surface area (Å²) in [5, 5.41) is 16.3. The molecule has 4 heterocycles. The quantitative estimate of drug-likeness (QED) is 0.651. The number of aromatic nitrogens is 3. The predicted molar refractivity (Wildman–Crippen MR) is 118 cm³/mol. The van der Waals surface area contributed by atoms with Crippen LogP contribution in [0.1, 0.15) is 36.3 Å². The Labute approximate surface area is 181 Å². The molecule has 0 bridgehead atoms. The van der Waals surface area contributed by atoms with Crippen LogP contribution in [0.2, 0.25) is 0 Å². The second kappa shape index (κ2) is 8.63. The number of hydrogen-bond acceptors (Lipinski definition) is 7. The van der Waals surface area contributed by atoms with Crippen molar-refractivity contribution in [1.82, 2.24) is 20.0 Å². The Kier molecular flexibility index (Phi) is 5.91. The average molecular weight is 424 g/mol. The largest absolute Gasteiger partial charge is 0.386 e. The number of piperidine rings is 1. The molecule has 3 aromatic rings. The molecule has 0 radical (unpaired) electrons. The monoisotopic (exact) mass is 423 g/mol. The van der Waals surface area contributed by atoms with E-state index >= 15 is 0 Å². The fourth-order valence-corrected chi connectivity index (χ4v) is 4.51. The lowest BCUT2D eigenvalue weighted by molar-refractivity contribution is -0.133. The first-order valence-electron chi connectivity index (χ1n) is 10.7. The standard InChI is InChI=1S/C23H29N5O3/c1-16-18(17(2)31-26-16)5-6-22(29)27(3)14-23(30)9-4-12-28(15-23)21-8-11-25-20-7-10-24-13-19(20)21/h7-8,10-11,13,30H,4-6,9,12,14-15H2,1-3H3/t23-/m0/s1. The first kappa shape index (κ1) is 21.2. The first-order chi connectivity index (χ1) is 14.9. The van der Waals surface area contributed by atoms with E-state index in [2.05, 4.69) is 20.0 Å². The van der Waals surface area contributed by atoms with Gasteiger partial charge in [-0.2, -0.15) is 0 Å². The molecule has 31 heavy (non-hydrogen) atoms. The molecule has 0 aliphatic carbocycles. The highest BCUT2D eigenvalue weighted by molar-refractivity contribution is 5.90. The molecule has 1 atom stereocenters. The fourth-order valence-electron chi connectivity index (χ4n) is 4.51. The van der Waals surface area contributed by atoms with Gasteiger partial charge >= 0.3 is 0 Å². The second-order valence-corrected chi connectivity index (χ2v) is 8.52. The highest BCUT2D eigenvalue weighted by Crippen LogP contribution is 2.31. The van der Waals surface area contributed by atoms with Gasteiger partial charge in [-0.15, -0.1) is 0 Å². The van der Waals surface area contributed by atoms with Crippen LogP contribution in [0.15, 0.2) is 35.2 Å². The summed E-state index contributed by atoms with van der Waals surface area (Å²) in [6, 6.07) is 3.86. The summed E-state index contributed by atoms with van der Waals surface area (Å²) in [6.45, 7) is 5.35. The predicted octanol–water partition coefficient (Wildman–Crippen LogP) is 2.66. The lowest BCUT2D eigenvalue weighted by atomic mass is 9.91. The van der Waals surface area contributed by atoms with Gasteiger partial charge in [0.2, 0.25) is 5.91 Å². The molecular weight excluding hydrogens is 394 g/mol. The van der Waals surface area contributed by atoms with Crippen LogP contribution in [0, 0.1) is 13.8 Å². The molecule has 0 spiro atoms. The lowest BCUT2D eigenvalue weighted by Crippen LogP contribution is -2.54. The zero-order valence-corrected chi connectivity index (χ0v) is 18.3. The molecule has 0 aromatic carbocycles. The molecule has 0 saturated carbocycles. The van der Waals surface area contributed by atoms with Gasteiger partial charge in [-0.1, -0.05) is 5.16 Å². The number of aliphatic hydroxyl groups is 1. The third-order valence-electron chi connectivity index (χ3n) is 6.14. The topological polar surface area (TPSA) is 95.6 Å². The maximum Gasteiger partial charge on any atom is 0.222 e. The van der Waals surface area contributed by atoms with E-state index in [-0.39, 0.29) is 5.91 Å². The molecule has 1 amide bonds. The van der Waals surface area contributed by atoms with Crippen LogP contribution < -0.4 is 4.90 Å². The third kappa shape index (κ3) is 4.54. The number of β-amino-alcohol motifs (C(OH)–C–C–N with tert-alkyl or cyclic N) is 1. The van der Waals surface area contributed by atoms with Crippen LogP contribution in [0.5, 0.6) is 0 Å². The van der Waals surface area contributed by atoms with Gasteiger partial charge in [0, 0.05) is 61.8 Å². The second-order valence-electron chi connectivity index (χ2n) is 8.52. The van der Waals surface area contributed by atoms with Crippen molar-refractivity contribution in [3.05, 3.63) is 47.7 Å². The van der Waals surface area contributed by atoms with Gasteiger partial charge in [-0.05, 0) is 45.2 Å². The molecule has 0 unspecified atom stereocenters. The number of rotatable bonds is 6. The summed E-state index contributed by atoms with van der Waals surface area (Å²) < 4.78 is 5.18. The van der Waals surface area contributed by atoms with Gasteiger partial charge in [-0.25, -0.2) is 0 Å². The van der Waals surface area contributed by atoms with E-state index in [4.69, 9.17) is 4.52 Å². The number of anilines is 1. The normalized spacial score (nSPS) is 19.0. The maximum absolute atomic E-state index is 12.7. The van der Waals surface area contributed by atoms with E-state index in [1.807, 2.05) is 32.2 Å². The molecule has 164 valence electrons. The number of carbonyl (C=O) groups is 1. The molecule has 8 heteroatoms. The van der Waals surface area contributed by atoms with Crippen LogP contribution in [-0.2, 0) is 11.2 Å². The van der Waals surface area contributed by atoms with Crippen LogP contribution in [-0.4, -0.2) is 63.3 Å². The van der Waals surface area contributed by atoms with Crippen molar-refractivity contribution in [3.8, 4) is 0 Å². The van der Waals surface area contributed by atoms with Crippen molar-refractivity contribution < 1.29 is 14.4 Å². The number of nitrogens with zero attached hydrogens (tertiary/aromatic N) is 5. The molecular formula is C23H29N5O3.